The van der Waals surface area contributed by atoms with Gasteiger partial charge in [-0.1, -0.05) is 48.0 Å². The topological polar surface area (TPSA) is 18.5 Å². The largest absolute Gasteiger partial charge is 0.376 e. The van der Waals surface area contributed by atoms with E-state index in [2.05, 4.69) is 48.0 Å². The molecule has 0 aliphatic carbocycles. The van der Waals surface area contributed by atoms with Crippen LogP contribution in [0.4, 0.5) is 0 Å². The lowest BCUT2D eigenvalue weighted by molar-refractivity contribution is -0.0877. The van der Waals surface area contributed by atoms with Gasteiger partial charge < -0.3 is 9.47 Å². The Morgan fingerprint density at radius 2 is 2.11 bits per heavy atom. The lowest BCUT2D eigenvalue weighted by Gasteiger charge is -2.28. The highest BCUT2D eigenvalue weighted by molar-refractivity contribution is 9.09. The summed E-state index contributed by atoms with van der Waals surface area (Å²) in [6, 6.07) is 6.77. The molecule has 0 spiro atoms. The first kappa shape index (κ1) is 14.0. The number of alkyl halides is 1. The maximum absolute atomic E-state index is 5.80. The Balaban J connectivity index is 2.23. The molecule has 0 aromatic heterocycles. The first-order chi connectivity index (χ1) is 8.76. The van der Waals surface area contributed by atoms with E-state index < -0.39 is 0 Å². The first-order valence-electron chi connectivity index (χ1n) is 6.71. The summed E-state index contributed by atoms with van der Waals surface area (Å²) in [4.78, 5) is 0.222. The molecular weight excluding hydrogens is 292 g/mol. The summed E-state index contributed by atoms with van der Waals surface area (Å²) in [5.41, 5.74) is 4.12. The molecule has 18 heavy (non-hydrogen) atoms. The standard InChI is InChI=1S/C15H21BrO2/c1-3-11-5-6-12(4-2)13(9-11)15(16)14-10-17-7-8-18-14/h5-6,9,14-15H,3-4,7-8,10H2,1-2H3. The molecule has 0 radical (unpaired) electrons. The number of benzene rings is 1. The van der Waals surface area contributed by atoms with Gasteiger partial charge in [0.1, 0.15) is 0 Å². The number of hydrogen-bond donors (Lipinski definition) is 0. The number of aryl methyl sites for hydroxylation is 2. The molecule has 1 heterocycles. The average Bonchev–Trinajstić information content (AvgIpc) is 2.46. The van der Waals surface area contributed by atoms with Crippen LogP contribution in [0.5, 0.6) is 0 Å². The van der Waals surface area contributed by atoms with Crippen molar-refractivity contribution in [2.24, 2.45) is 0 Å². The molecule has 1 aromatic carbocycles. The molecule has 1 aromatic rings. The van der Waals surface area contributed by atoms with Crippen molar-refractivity contribution in [2.45, 2.75) is 37.6 Å². The Labute approximate surface area is 118 Å². The zero-order chi connectivity index (χ0) is 13.0. The van der Waals surface area contributed by atoms with Gasteiger partial charge in [0.25, 0.3) is 0 Å². The zero-order valence-electron chi connectivity index (χ0n) is 11.1. The van der Waals surface area contributed by atoms with E-state index in [1.54, 1.807) is 0 Å². The minimum atomic E-state index is 0.121. The Bertz CT molecular complexity index is 386. The van der Waals surface area contributed by atoms with Gasteiger partial charge in [-0.3, -0.25) is 0 Å². The fourth-order valence-corrected chi connectivity index (χ4v) is 3.05. The molecule has 2 unspecified atom stereocenters. The lowest BCUT2D eigenvalue weighted by Crippen LogP contribution is -2.32. The Kier molecular flexibility index (Phi) is 5.22. The van der Waals surface area contributed by atoms with Crippen molar-refractivity contribution < 1.29 is 9.47 Å². The highest BCUT2D eigenvalue weighted by Crippen LogP contribution is 2.33. The SMILES string of the molecule is CCc1ccc(CC)c(C(Br)C2COCCO2)c1. The Morgan fingerprint density at radius 3 is 2.72 bits per heavy atom. The second-order valence-electron chi connectivity index (χ2n) is 4.63. The molecule has 3 heteroatoms. The Hall–Kier alpha value is -0.380. The second kappa shape index (κ2) is 6.69. The van der Waals surface area contributed by atoms with E-state index in [-0.39, 0.29) is 10.9 Å². The van der Waals surface area contributed by atoms with Crippen molar-refractivity contribution in [1.82, 2.24) is 0 Å². The van der Waals surface area contributed by atoms with Gasteiger partial charge in [0, 0.05) is 0 Å². The van der Waals surface area contributed by atoms with Crippen molar-refractivity contribution in [3.05, 3.63) is 34.9 Å². The fraction of sp³-hybridized carbons (Fsp3) is 0.600. The van der Waals surface area contributed by atoms with E-state index in [4.69, 9.17) is 9.47 Å². The summed E-state index contributed by atoms with van der Waals surface area (Å²) in [7, 11) is 0. The van der Waals surface area contributed by atoms with Crippen LogP contribution in [0.1, 0.15) is 35.4 Å². The van der Waals surface area contributed by atoms with E-state index in [0.717, 1.165) is 12.8 Å². The van der Waals surface area contributed by atoms with Crippen LogP contribution >= 0.6 is 15.9 Å². The van der Waals surface area contributed by atoms with Crippen molar-refractivity contribution in [1.29, 1.82) is 0 Å². The third-order valence-corrected chi connectivity index (χ3v) is 4.55. The van der Waals surface area contributed by atoms with Gasteiger partial charge in [0.05, 0.1) is 30.8 Å². The maximum atomic E-state index is 5.80. The van der Waals surface area contributed by atoms with Crippen molar-refractivity contribution >= 4 is 15.9 Å². The predicted octanol–water partition coefficient (Wildman–Crippen LogP) is 3.66. The average molecular weight is 313 g/mol. The van der Waals surface area contributed by atoms with Gasteiger partial charge in [0.2, 0.25) is 0 Å². The minimum absolute atomic E-state index is 0.121. The second-order valence-corrected chi connectivity index (χ2v) is 5.61. The molecular formula is C15H21BrO2. The molecule has 0 N–H and O–H groups in total. The van der Waals surface area contributed by atoms with Gasteiger partial charge in [-0.2, -0.15) is 0 Å². The smallest absolute Gasteiger partial charge is 0.0975 e. The van der Waals surface area contributed by atoms with Gasteiger partial charge in [-0.25, -0.2) is 0 Å². The van der Waals surface area contributed by atoms with Crippen LogP contribution in [0.15, 0.2) is 18.2 Å². The minimum Gasteiger partial charge on any atom is -0.376 e. The highest BCUT2D eigenvalue weighted by Gasteiger charge is 2.25. The highest BCUT2D eigenvalue weighted by atomic mass is 79.9. The van der Waals surface area contributed by atoms with E-state index in [9.17, 15) is 0 Å². The predicted molar refractivity (Wildman–Crippen MR) is 77.4 cm³/mol. The summed E-state index contributed by atoms with van der Waals surface area (Å²) in [5.74, 6) is 0. The molecule has 100 valence electrons. The quantitative estimate of drug-likeness (QED) is 0.790. The van der Waals surface area contributed by atoms with Crippen LogP contribution in [0.25, 0.3) is 0 Å². The number of hydrogen-bond acceptors (Lipinski definition) is 2. The summed E-state index contributed by atoms with van der Waals surface area (Å²) >= 11 is 3.80. The van der Waals surface area contributed by atoms with E-state index in [1.807, 2.05) is 0 Å². The zero-order valence-corrected chi connectivity index (χ0v) is 12.7. The molecule has 2 nitrogen and oxygen atoms in total. The van der Waals surface area contributed by atoms with E-state index in [0.29, 0.717) is 19.8 Å². The number of rotatable bonds is 4. The third kappa shape index (κ3) is 3.14. The fourth-order valence-electron chi connectivity index (χ4n) is 2.32. The first-order valence-corrected chi connectivity index (χ1v) is 7.63. The van der Waals surface area contributed by atoms with Gasteiger partial charge in [-0.05, 0) is 29.5 Å². The number of ether oxygens (including phenoxy) is 2. The van der Waals surface area contributed by atoms with Crippen LogP contribution < -0.4 is 0 Å². The van der Waals surface area contributed by atoms with Gasteiger partial charge in [-0.15, -0.1) is 0 Å². The molecule has 1 aliphatic rings. The molecule has 0 saturated carbocycles. The van der Waals surface area contributed by atoms with Gasteiger partial charge in [0.15, 0.2) is 0 Å². The summed E-state index contributed by atoms with van der Waals surface area (Å²) in [6.07, 6.45) is 2.24. The van der Waals surface area contributed by atoms with Crippen molar-refractivity contribution in [3.8, 4) is 0 Å². The monoisotopic (exact) mass is 312 g/mol. The molecule has 2 atom stereocenters. The summed E-state index contributed by atoms with van der Waals surface area (Å²) in [5, 5.41) is 0. The summed E-state index contributed by atoms with van der Waals surface area (Å²) in [6.45, 7) is 6.47. The number of halogens is 1. The molecule has 0 bridgehead atoms. The molecule has 1 saturated heterocycles. The summed E-state index contributed by atoms with van der Waals surface area (Å²) < 4.78 is 11.3. The Morgan fingerprint density at radius 1 is 1.28 bits per heavy atom. The van der Waals surface area contributed by atoms with E-state index >= 15 is 0 Å². The third-order valence-electron chi connectivity index (χ3n) is 3.46. The lowest BCUT2D eigenvalue weighted by atomic mass is 9.96. The normalized spacial score (nSPS) is 21.8. The maximum Gasteiger partial charge on any atom is 0.0975 e. The van der Waals surface area contributed by atoms with Crippen LogP contribution in [0.2, 0.25) is 0 Å². The molecule has 1 aliphatic heterocycles. The molecule has 0 amide bonds. The molecule has 2 rings (SSSR count). The molecule has 1 fully saturated rings. The van der Waals surface area contributed by atoms with E-state index in [1.165, 1.54) is 16.7 Å². The van der Waals surface area contributed by atoms with Crippen LogP contribution in [0, 0.1) is 0 Å². The van der Waals surface area contributed by atoms with Crippen LogP contribution in [-0.4, -0.2) is 25.9 Å². The van der Waals surface area contributed by atoms with Crippen molar-refractivity contribution in [3.63, 3.8) is 0 Å². The van der Waals surface area contributed by atoms with Crippen molar-refractivity contribution in [2.75, 3.05) is 19.8 Å². The van der Waals surface area contributed by atoms with Crippen LogP contribution in [-0.2, 0) is 22.3 Å². The van der Waals surface area contributed by atoms with Crippen LogP contribution in [0.3, 0.4) is 0 Å². The van der Waals surface area contributed by atoms with Gasteiger partial charge >= 0.3 is 0 Å².